The van der Waals surface area contributed by atoms with Crippen molar-refractivity contribution >= 4 is 34.6 Å². The lowest BCUT2D eigenvalue weighted by Crippen LogP contribution is -2.19. The van der Waals surface area contributed by atoms with Gasteiger partial charge in [-0.25, -0.2) is 5.43 Å². The minimum absolute atomic E-state index is 0.241. The van der Waals surface area contributed by atoms with Crippen LogP contribution in [0.2, 0.25) is 4.34 Å². The Morgan fingerprint density at radius 2 is 1.68 bits per heavy atom. The highest BCUT2D eigenvalue weighted by atomic mass is 35.5. The Balaban J connectivity index is 1.73. The molecule has 0 radical (unpaired) electrons. The van der Waals surface area contributed by atoms with Gasteiger partial charge >= 0.3 is 0 Å². The first kappa shape index (κ1) is 17.5. The highest BCUT2D eigenvalue weighted by Gasteiger charge is 2.08. The Labute approximate surface area is 155 Å². The Morgan fingerprint density at radius 1 is 1.04 bits per heavy atom. The van der Waals surface area contributed by atoms with E-state index in [4.69, 9.17) is 11.6 Å². The van der Waals surface area contributed by atoms with Gasteiger partial charge in [0.2, 0.25) is 0 Å². The summed E-state index contributed by atoms with van der Waals surface area (Å²) in [6, 6.07) is 15.3. The number of halogens is 1. The number of hydrogen-bond donors (Lipinski definition) is 1. The Hall–Kier alpha value is -2.37. The maximum atomic E-state index is 12.3. The van der Waals surface area contributed by atoms with Gasteiger partial charge in [0.1, 0.15) is 0 Å². The summed E-state index contributed by atoms with van der Waals surface area (Å²) in [7, 11) is 0. The fourth-order valence-electron chi connectivity index (χ4n) is 2.60. The van der Waals surface area contributed by atoms with E-state index in [0.717, 1.165) is 27.7 Å². The van der Waals surface area contributed by atoms with Gasteiger partial charge in [0.15, 0.2) is 0 Å². The number of thiophene rings is 1. The third kappa shape index (κ3) is 3.83. The molecule has 0 bridgehead atoms. The standard InChI is InChI=1S/C19H18ClN3OS/c1-12-4-5-13(2)23(12)16-8-6-15(7-9-16)19(24)22-21-14(3)17-10-11-18(20)25-17/h4-11H,1-3H3,(H,22,24)/b21-14-. The van der Waals surface area contributed by atoms with Crippen LogP contribution in [-0.2, 0) is 0 Å². The van der Waals surface area contributed by atoms with Crippen LogP contribution in [-0.4, -0.2) is 16.2 Å². The van der Waals surface area contributed by atoms with Gasteiger partial charge in [-0.1, -0.05) is 11.6 Å². The van der Waals surface area contributed by atoms with E-state index in [1.807, 2.05) is 31.2 Å². The summed E-state index contributed by atoms with van der Waals surface area (Å²) in [6.45, 7) is 5.95. The molecule has 1 aromatic carbocycles. The number of hydrazone groups is 1. The van der Waals surface area contributed by atoms with Crippen LogP contribution in [0.4, 0.5) is 0 Å². The largest absolute Gasteiger partial charge is 0.319 e. The number of benzene rings is 1. The van der Waals surface area contributed by atoms with Crippen molar-refractivity contribution < 1.29 is 4.79 Å². The molecule has 0 unspecified atom stereocenters. The second-order valence-electron chi connectivity index (χ2n) is 5.74. The van der Waals surface area contributed by atoms with Crippen molar-refractivity contribution in [1.82, 2.24) is 9.99 Å². The van der Waals surface area contributed by atoms with Crippen molar-refractivity contribution in [3.63, 3.8) is 0 Å². The number of amides is 1. The molecule has 25 heavy (non-hydrogen) atoms. The van der Waals surface area contributed by atoms with E-state index in [9.17, 15) is 4.79 Å². The molecule has 0 fully saturated rings. The third-order valence-corrected chi connectivity index (χ3v) is 5.25. The van der Waals surface area contributed by atoms with Crippen LogP contribution in [0, 0.1) is 13.8 Å². The first-order valence-corrected chi connectivity index (χ1v) is 9.01. The summed E-state index contributed by atoms with van der Waals surface area (Å²) >= 11 is 7.34. The summed E-state index contributed by atoms with van der Waals surface area (Å²) in [5.41, 5.74) is 7.22. The second-order valence-corrected chi connectivity index (χ2v) is 7.46. The molecule has 0 saturated carbocycles. The van der Waals surface area contributed by atoms with E-state index in [-0.39, 0.29) is 5.91 Å². The predicted octanol–water partition coefficient (Wildman–Crippen LogP) is 4.96. The van der Waals surface area contributed by atoms with Crippen LogP contribution < -0.4 is 5.43 Å². The Kier molecular flexibility index (Phi) is 5.06. The average molecular weight is 372 g/mol. The van der Waals surface area contributed by atoms with Gasteiger partial charge < -0.3 is 4.57 Å². The monoisotopic (exact) mass is 371 g/mol. The zero-order chi connectivity index (χ0) is 18.0. The van der Waals surface area contributed by atoms with E-state index in [1.54, 1.807) is 12.1 Å². The molecule has 0 aliphatic rings. The normalized spacial score (nSPS) is 11.6. The first-order chi connectivity index (χ1) is 12.0. The number of hydrogen-bond acceptors (Lipinski definition) is 3. The predicted molar refractivity (Wildman–Crippen MR) is 104 cm³/mol. The van der Waals surface area contributed by atoms with Crippen molar-refractivity contribution in [2.45, 2.75) is 20.8 Å². The van der Waals surface area contributed by atoms with E-state index in [2.05, 4.69) is 41.1 Å². The number of aryl methyl sites for hydroxylation is 2. The van der Waals surface area contributed by atoms with Gasteiger partial charge in [-0.2, -0.15) is 5.10 Å². The highest BCUT2D eigenvalue weighted by molar-refractivity contribution is 7.18. The molecule has 4 nitrogen and oxygen atoms in total. The maximum Gasteiger partial charge on any atom is 0.271 e. The molecular formula is C19H18ClN3OS. The van der Waals surface area contributed by atoms with Gasteiger partial charge in [-0.15, -0.1) is 11.3 Å². The lowest BCUT2D eigenvalue weighted by Gasteiger charge is -2.10. The molecule has 0 aliphatic carbocycles. The van der Waals surface area contributed by atoms with Crippen molar-refractivity contribution in [2.24, 2.45) is 5.10 Å². The molecule has 1 N–H and O–H groups in total. The average Bonchev–Trinajstić information content (AvgIpc) is 3.18. The van der Waals surface area contributed by atoms with Crippen molar-refractivity contribution in [1.29, 1.82) is 0 Å². The zero-order valence-corrected chi connectivity index (χ0v) is 15.8. The second kappa shape index (κ2) is 7.25. The van der Waals surface area contributed by atoms with Gasteiger partial charge in [0.05, 0.1) is 14.9 Å². The molecule has 0 aliphatic heterocycles. The van der Waals surface area contributed by atoms with Gasteiger partial charge in [0.25, 0.3) is 5.91 Å². The van der Waals surface area contributed by atoms with Crippen molar-refractivity contribution in [3.05, 3.63) is 74.7 Å². The number of aromatic nitrogens is 1. The van der Waals surface area contributed by atoms with Gasteiger partial charge in [-0.05, 0) is 69.3 Å². The molecular weight excluding hydrogens is 354 g/mol. The molecule has 3 aromatic rings. The summed E-state index contributed by atoms with van der Waals surface area (Å²) in [5.74, 6) is -0.241. The van der Waals surface area contributed by atoms with Crippen LogP contribution in [0.25, 0.3) is 5.69 Å². The highest BCUT2D eigenvalue weighted by Crippen LogP contribution is 2.22. The van der Waals surface area contributed by atoms with Gasteiger partial charge in [-0.3, -0.25) is 4.79 Å². The number of nitrogens with one attached hydrogen (secondary N) is 1. The molecule has 0 spiro atoms. The molecule has 0 saturated heterocycles. The minimum atomic E-state index is -0.241. The fraction of sp³-hybridized carbons (Fsp3) is 0.158. The van der Waals surface area contributed by atoms with Gasteiger partial charge in [0, 0.05) is 22.6 Å². The maximum absolute atomic E-state index is 12.3. The summed E-state index contributed by atoms with van der Waals surface area (Å²) in [4.78, 5) is 13.2. The Morgan fingerprint density at radius 3 is 2.24 bits per heavy atom. The smallest absolute Gasteiger partial charge is 0.271 e. The van der Waals surface area contributed by atoms with Crippen LogP contribution in [0.3, 0.4) is 0 Å². The summed E-state index contributed by atoms with van der Waals surface area (Å²) in [5, 5.41) is 4.15. The molecule has 128 valence electrons. The van der Waals surface area contributed by atoms with Crippen LogP contribution in [0.1, 0.15) is 33.5 Å². The SMILES string of the molecule is C/C(=N/NC(=O)c1ccc(-n2c(C)ccc2C)cc1)c1ccc(Cl)s1. The van der Waals surface area contributed by atoms with E-state index in [1.165, 1.54) is 11.3 Å². The molecule has 2 aromatic heterocycles. The fourth-order valence-corrected chi connectivity index (χ4v) is 3.59. The minimum Gasteiger partial charge on any atom is -0.319 e. The molecule has 2 heterocycles. The van der Waals surface area contributed by atoms with Crippen LogP contribution in [0.15, 0.2) is 53.6 Å². The van der Waals surface area contributed by atoms with E-state index < -0.39 is 0 Å². The number of rotatable bonds is 4. The number of carbonyl (C=O) groups excluding carboxylic acids is 1. The van der Waals surface area contributed by atoms with Crippen molar-refractivity contribution in [2.75, 3.05) is 0 Å². The number of nitrogens with zero attached hydrogens (tertiary/aromatic N) is 2. The van der Waals surface area contributed by atoms with Crippen LogP contribution >= 0.6 is 22.9 Å². The van der Waals surface area contributed by atoms with E-state index in [0.29, 0.717) is 9.90 Å². The van der Waals surface area contributed by atoms with E-state index >= 15 is 0 Å². The Bertz CT molecular complexity index is 918. The summed E-state index contributed by atoms with van der Waals surface area (Å²) in [6.07, 6.45) is 0. The first-order valence-electron chi connectivity index (χ1n) is 7.81. The van der Waals surface area contributed by atoms with Crippen LogP contribution in [0.5, 0.6) is 0 Å². The molecule has 1 amide bonds. The number of carbonyl (C=O) groups is 1. The quantitative estimate of drug-likeness (QED) is 0.511. The zero-order valence-electron chi connectivity index (χ0n) is 14.2. The topological polar surface area (TPSA) is 46.4 Å². The lowest BCUT2D eigenvalue weighted by atomic mass is 10.2. The van der Waals surface area contributed by atoms with Crippen molar-refractivity contribution in [3.8, 4) is 5.69 Å². The molecule has 0 atom stereocenters. The summed E-state index contributed by atoms with van der Waals surface area (Å²) < 4.78 is 2.84. The molecule has 6 heteroatoms. The lowest BCUT2D eigenvalue weighted by molar-refractivity contribution is 0.0955. The third-order valence-electron chi connectivity index (χ3n) is 3.91. The molecule has 3 rings (SSSR count).